The van der Waals surface area contributed by atoms with Crippen molar-refractivity contribution in [1.29, 1.82) is 0 Å². The van der Waals surface area contributed by atoms with E-state index in [2.05, 4.69) is 21.2 Å². The summed E-state index contributed by atoms with van der Waals surface area (Å²) in [4.78, 5) is 18.2. The van der Waals surface area contributed by atoms with Crippen LogP contribution in [0.2, 0.25) is 0 Å². The minimum absolute atomic E-state index is 0.607. The number of nitrogens with one attached hydrogen (secondary N) is 1. The first-order valence-corrected chi connectivity index (χ1v) is 8.36. The van der Waals surface area contributed by atoms with Crippen molar-refractivity contribution >= 4 is 33.6 Å². The lowest BCUT2D eigenvalue weighted by atomic mass is 10.1. The second-order valence-electron chi connectivity index (χ2n) is 4.96. The van der Waals surface area contributed by atoms with Crippen LogP contribution in [0.5, 0.6) is 17.2 Å². The molecule has 2 rings (SSSR count). The number of carboxylic acid groups (broad SMARTS) is 2. The zero-order chi connectivity index (χ0) is 20.4. The first-order valence-electron chi connectivity index (χ1n) is 7.57. The van der Waals surface area contributed by atoms with Gasteiger partial charge in [0, 0.05) is 22.3 Å². The third-order valence-electron chi connectivity index (χ3n) is 3.30. The van der Waals surface area contributed by atoms with Crippen LogP contribution >= 0.6 is 15.9 Å². The summed E-state index contributed by atoms with van der Waals surface area (Å²) in [7, 11) is 4.84. The summed E-state index contributed by atoms with van der Waals surface area (Å²) in [6, 6.07) is 11.9. The molecule has 2 aromatic rings. The van der Waals surface area contributed by atoms with Crippen LogP contribution in [-0.2, 0) is 16.1 Å². The molecule has 0 bridgehead atoms. The molecule has 0 heterocycles. The Morgan fingerprint density at radius 3 is 1.89 bits per heavy atom. The molecule has 2 aromatic carbocycles. The van der Waals surface area contributed by atoms with Gasteiger partial charge in [0.25, 0.3) is 0 Å². The molecule has 8 nitrogen and oxygen atoms in total. The highest BCUT2D eigenvalue weighted by Crippen LogP contribution is 2.39. The minimum atomic E-state index is -1.82. The number of methoxy groups -OCH3 is 3. The fraction of sp³-hybridized carbons (Fsp3) is 0.222. The predicted molar refractivity (Wildman–Crippen MR) is 103 cm³/mol. The maximum Gasteiger partial charge on any atom is 0.414 e. The number of hydrogen-bond donors (Lipinski definition) is 3. The Morgan fingerprint density at radius 1 is 0.889 bits per heavy atom. The van der Waals surface area contributed by atoms with Crippen LogP contribution in [0.4, 0.5) is 5.69 Å². The Balaban J connectivity index is 0.000000527. The number of hydrogen-bond acceptors (Lipinski definition) is 6. The molecule has 0 aromatic heterocycles. The molecule has 0 atom stereocenters. The molecule has 0 fully saturated rings. The van der Waals surface area contributed by atoms with Crippen LogP contribution in [0, 0.1) is 0 Å². The Hall–Kier alpha value is -2.94. The first-order chi connectivity index (χ1) is 12.8. The second kappa shape index (κ2) is 10.9. The summed E-state index contributed by atoms with van der Waals surface area (Å²) in [6.07, 6.45) is 0. The highest BCUT2D eigenvalue weighted by molar-refractivity contribution is 9.10. The minimum Gasteiger partial charge on any atom is -0.493 e. The number of anilines is 1. The molecule has 9 heteroatoms. The van der Waals surface area contributed by atoms with E-state index in [9.17, 15) is 0 Å². The first kappa shape index (κ1) is 22.1. The second-order valence-corrected chi connectivity index (χ2v) is 5.88. The van der Waals surface area contributed by atoms with Gasteiger partial charge in [-0.25, -0.2) is 9.59 Å². The molecular formula is C18H20BrNO7. The molecule has 146 valence electrons. The van der Waals surface area contributed by atoms with Crippen LogP contribution in [0.15, 0.2) is 40.9 Å². The average Bonchev–Trinajstić information content (AvgIpc) is 2.66. The van der Waals surface area contributed by atoms with Gasteiger partial charge >= 0.3 is 11.9 Å². The number of benzene rings is 2. The molecule has 0 aliphatic carbocycles. The highest BCUT2D eigenvalue weighted by atomic mass is 79.9. The van der Waals surface area contributed by atoms with Crippen molar-refractivity contribution in [3.05, 3.63) is 46.4 Å². The lowest BCUT2D eigenvalue weighted by Gasteiger charge is -2.16. The van der Waals surface area contributed by atoms with E-state index in [-0.39, 0.29) is 0 Å². The molecule has 0 aliphatic heterocycles. The fourth-order valence-electron chi connectivity index (χ4n) is 2.07. The monoisotopic (exact) mass is 441 g/mol. The number of ether oxygens (including phenoxy) is 3. The number of carboxylic acids is 2. The number of halogens is 1. The van der Waals surface area contributed by atoms with Crippen LogP contribution in [0.3, 0.4) is 0 Å². The normalized spacial score (nSPS) is 9.48. The molecule has 0 aliphatic rings. The average molecular weight is 442 g/mol. The highest BCUT2D eigenvalue weighted by Gasteiger charge is 2.15. The summed E-state index contributed by atoms with van der Waals surface area (Å²) >= 11 is 3.42. The maximum absolute atomic E-state index is 9.10. The van der Waals surface area contributed by atoms with Crippen LogP contribution in [0.25, 0.3) is 0 Å². The quantitative estimate of drug-likeness (QED) is 0.585. The van der Waals surface area contributed by atoms with E-state index < -0.39 is 11.9 Å². The zero-order valence-electron chi connectivity index (χ0n) is 15.0. The molecule has 0 amide bonds. The molecule has 0 saturated heterocycles. The zero-order valence-corrected chi connectivity index (χ0v) is 16.6. The smallest absolute Gasteiger partial charge is 0.414 e. The van der Waals surface area contributed by atoms with Gasteiger partial charge in [-0.2, -0.15) is 0 Å². The molecule has 0 saturated carbocycles. The van der Waals surface area contributed by atoms with Crippen molar-refractivity contribution in [2.24, 2.45) is 0 Å². The summed E-state index contributed by atoms with van der Waals surface area (Å²) in [6.45, 7) is 0.630. The Labute approximate surface area is 164 Å². The van der Waals surface area contributed by atoms with E-state index in [1.54, 1.807) is 21.3 Å². The van der Waals surface area contributed by atoms with E-state index >= 15 is 0 Å². The van der Waals surface area contributed by atoms with Crippen molar-refractivity contribution in [2.45, 2.75) is 6.54 Å². The van der Waals surface area contributed by atoms with Crippen LogP contribution in [0.1, 0.15) is 5.56 Å². The lowest BCUT2D eigenvalue weighted by Crippen LogP contribution is -2.09. The topological polar surface area (TPSA) is 114 Å². The van der Waals surface area contributed by atoms with Crippen LogP contribution < -0.4 is 19.5 Å². The maximum atomic E-state index is 9.10. The number of rotatable bonds is 6. The number of aliphatic carboxylic acids is 2. The van der Waals surface area contributed by atoms with Gasteiger partial charge in [-0.15, -0.1) is 0 Å². The lowest BCUT2D eigenvalue weighted by molar-refractivity contribution is -0.159. The molecule has 0 unspecified atom stereocenters. The third-order valence-corrected chi connectivity index (χ3v) is 3.82. The molecular weight excluding hydrogens is 422 g/mol. The van der Waals surface area contributed by atoms with Gasteiger partial charge < -0.3 is 29.7 Å². The third kappa shape index (κ3) is 6.70. The van der Waals surface area contributed by atoms with Gasteiger partial charge in [0.15, 0.2) is 11.5 Å². The van der Waals surface area contributed by atoms with Gasteiger partial charge in [-0.05, 0) is 36.4 Å². The van der Waals surface area contributed by atoms with E-state index in [0.29, 0.717) is 23.8 Å². The number of carbonyl (C=O) groups is 2. The van der Waals surface area contributed by atoms with E-state index in [1.807, 2.05) is 36.4 Å². The molecule has 0 spiro atoms. The SMILES string of the molecule is COc1ccc(CNc2ccc(Br)cc2)c(OC)c1OC.O=C(O)C(=O)O. The largest absolute Gasteiger partial charge is 0.493 e. The molecule has 27 heavy (non-hydrogen) atoms. The van der Waals surface area contributed by atoms with Crippen molar-refractivity contribution in [1.82, 2.24) is 0 Å². The Kier molecular flexibility index (Phi) is 8.94. The Morgan fingerprint density at radius 2 is 1.44 bits per heavy atom. The molecule has 0 radical (unpaired) electrons. The standard InChI is InChI=1S/C16H18BrNO3.C2H2O4/c1-19-14-9-4-11(15(20-2)16(14)21-3)10-18-13-7-5-12(17)6-8-13;3-1(4)2(5)6/h4-9,18H,10H2,1-3H3;(H,3,4)(H,5,6). The van der Waals surface area contributed by atoms with Gasteiger partial charge in [0.1, 0.15) is 0 Å². The summed E-state index contributed by atoms with van der Waals surface area (Å²) < 4.78 is 17.2. The van der Waals surface area contributed by atoms with E-state index in [0.717, 1.165) is 15.7 Å². The van der Waals surface area contributed by atoms with Crippen molar-refractivity contribution < 1.29 is 34.0 Å². The van der Waals surface area contributed by atoms with Gasteiger partial charge in [-0.3, -0.25) is 0 Å². The van der Waals surface area contributed by atoms with Gasteiger partial charge in [0.2, 0.25) is 5.75 Å². The predicted octanol–water partition coefficient (Wildman–Crippen LogP) is 3.24. The van der Waals surface area contributed by atoms with Crippen molar-refractivity contribution in [2.75, 3.05) is 26.6 Å². The van der Waals surface area contributed by atoms with E-state index in [4.69, 9.17) is 34.0 Å². The Bertz CT molecular complexity index is 766. The summed E-state index contributed by atoms with van der Waals surface area (Å²) in [5.41, 5.74) is 2.04. The van der Waals surface area contributed by atoms with Crippen molar-refractivity contribution in [3.8, 4) is 17.2 Å². The van der Waals surface area contributed by atoms with Crippen molar-refractivity contribution in [3.63, 3.8) is 0 Å². The summed E-state index contributed by atoms with van der Waals surface area (Å²) in [5, 5.41) is 18.1. The van der Waals surface area contributed by atoms with Gasteiger partial charge in [-0.1, -0.05) is 15.9 Å². The van der Waals surface area contributed by atoms with Gasteiger partial charge in [0.05, 0.1) is 21.3 Å². The molecule has 3 N–H and O–H groups in total. The van der Waals surface area contributed by atoms with Crippen LogP contribution in [-0.4, -0.2) is 43.5 Å². The fourth-order valence-corrected chi connectivity index (χ4v) is 2.33. The van der Waals surface area contributed by atoms with E-state index in [1.165, 1.54) is 0 Å². The summed E-state index contributed by atoms with van der Waals surface area (Å²) in [5.74, 6) is -1.71.